The molecule has 1 aliphatic rings. The van der Waals surface area contributed by atoms with Crippen molar-refractivity contribution in [1.29, 1.82) is 0 Å². The molecule has 1 aromatic carbocycles. The highest BCUT2D eigenvalue weighted by Gasteiger charge is 2.28. The molecule has 0 N–H and O–H groups in total. The summed E-state index contributed by atoms with van der Waals surface area (Å²) in [5.74, 6) is 0. The number of aryl methyl sites for hydroxylation is 1. The van der Waals surface area contributed by atoms with Gasteiger partial charge < -0.3 is 4.89 Å². The fraction of sp³-hybridized carbons (Fsp3) is 0.400. The lowest BCUT2D eigenvalue weighted by molar-refractivity contribution is -0.166. The average molecular weight is 194 g/mol. The van der Waals surface area contributed by atoms with Crippen LogP contribution in [-0.2, 0) is 11.0 Å². The molecule has 1 aromatic rings. The Labute approximate surface area is 78.5 Å². The highest BCUT2D eigenvalue weighted by molar-refractivity contribution is 7.36. The van der Waals surface area contributed by atoms with Gasteiger partial charge in [-0.1, -0.05) is 28.8 Å². The Morgan fingerprint density at radius 2 is 2.15 bits per heavy atom. The zero-order valence-electron chi connectivity index (χ0n) is 7.27. The zero-order chi connectivity index (χ0) is 9.26. The predicted molar refractivity (Wildman–Crippen MR) is 49.7 cm³/mol. The van der Waals surface area contributed by atoms with Crippen molar-refractivity contribution < 1.29 is 9.46 Å². The second-order valence-electron chi connectivity index (χ2n) is 3.39. The largest absolute Gasteiger partial charge is 0.595 e. The molecule has 1 aliphatic carbocycles. The van der Waals surface area contributed by atoms with Crippen LogP contribution in [0.5, 0.6) is 0 Å². The third-order valence-corrected chi connectivity index (χ3v) is 3.64. The van der Waals surface area contributed by atoms with Gasteiger partial charge in [-0.3, -0.25) is 0 Å². The summed E-state index contributed by atoms with van der Waals surface area (Å²) in [6.45, 7) is 0. The van der Waals surface area contributed by atoms with Crippen LogP contribution in [0.3, 0.4) is 0 Å². The Bertz CT molecular complexity index is 335. The monoisotopic (exact) mass is 194 g/mol. The Morgan fingerprint density at radius 1 is 1.38 bits per heavy atom. The maximum atomic E-state index is 11.0. The molecule has 0 saturated heterocycles. The van der Waals surface area contributed by atoms with Crippen LogP contribution in [-0.4, -0.2) is 0 Å². The van der Waals surface area contributed by atoms with E-state index in [9.17, 15) is 9.46 Å². The van der Waals surface area contributed by atoms with Gasteiger partial charge in [-0.15, -0.1) is 0 Å². The Morgan fingerprint density at radius 3 is 2.92 bits per heavy atom. The lowest BCUT2D eigenvalue weighted by atomic mass is 9.91. The molecule has 0 heterocycles. The number of fused-ring (bicyclic) bond motifs is 1. The predicted octanol–water partition coefficient (Wildman–Crippen LogP) is 2.17. The van der Waals surface area contributed by atoms with Crippen molar-refractivity contribution >= 4 is 8.03 Å². The van der Waals surface area contributed by atoms with Gasteiger partial charge in [0.2, 0.25) is 0 Å². The van der Waals surface area contributed by atoms with Crippen LogP contribution < -0.4 is 4.89 Å². The minimum atomic E-state index is -2.31. The van der Waals surface area contributed by atoms with E-state index in [1.54, 1.807) is 0 Å². The number of hydrogen-bond acceptors (Lipinski definition) is 2. The summed E-state index contributed by atoms with van der Waals surface area (Å²) in [5, 5.41) is 0. The summed E-state index contributed by atoms with van der Waals surface area (Å²) in [6, 6.07) is 7.85. The molecule has 0 spiro atoms. The highest BCUT2D eigenvalue weighted by Crippen LogP contribution is 2.43. The highest BCUT2D eigenvalue weighted by atomic mass is 31.1. The van der Waals surface area contributed by atoms with Gasteiger partial charge in [0.05, 0.1) is 0 Å². The molecule has 2 rings (SSSR count). The van der Waals surface area contributed by atoms with E-state index in [1.165, 1.54) is 5.56 Å². The topological polar surface area (TPSA) is 40.1 Å². The van der Waals surface area contributed by atoms with Gasteiger partial charge in [-0.25, -0.2) is 0 Å². The lowest BCUT2D eigenvalue weighted by Gasteiger charge is -2.18. The van der Waals surface area contributed by atoms with E-state index in [0.717, 1.165) is 24.8 Å². The summed E-state index contributed by atoms with van der Waals surface area (Å²) in [4.78, 5) is 11.0. The van der Waals surface area contributed by atoms with Crippen molar-refractivity contribution in [2.45, 2.75) is 24.9 Å². The van der Waals surface area contributed by atoms with Crippen LogP contribution in [0.15, 0.2) is 24.3 Å². The van der Waals surface area contributed by atoms with E-state index in [0.29, 0.717) is 0 Å². The SMILES string of the molecule is O=[P+]([O-])C1CCCc2ccccc21. The van der Waals surface area contributed by atoms with E-state index in [2.05, 4.69) is 0 Å². The quantitative estimate of drug-likeness (QED) is 0.643. The summed E-state index contributed by atoms with van der Waals surface area (Å²) in [5.41, 5.74) is 1.99. The lowest BCUT2D eigenvalue weighted by Crippen LogP contribution is -2.09. The van der Waals surface area contributed by atoms with Crippen LogP contribution in [0.2, 0.25) is 0 Å². The molecule has 0 amide bonds. The Hall–Kier alpha value is -0.720. The first-order valence-electron chi connectivity index (χ1n) is 4.50. The van der Waals surface area contributed by atoms with Crippen LogP contribution in [0.1, 0.15) is 29.6 Å². The van der Waals surface area contributed by atoms with Crippen LogP contribution in [0, 0.1) is 0 Å². The minimum Gasteiger partial charge on any atom is -0.595 e. The van der Waals surface area contributed by atoms with Crippen molar-refractivity contribution in [3.05, 3.63) is 35.4 Å². The van der Waals surface area contributed by atoms with Gasteiger partial charge in [-0.05, 0) is 24.8 Å². The van der Waals surface area contributed by atoms with Crippen LogP contribution >= 0.6 is 8.03 Å². The van der Waals surface area contributed by atoms with Crippen molar-refractivity contribution in [2.75, 3.05) is 0 Å². The summed E-state index contributed by atoms with van der Waals surface area (Å²) < 4.78 is 11.0. The van der Waals surface area contributed by atoms with E-state index in [4.69, 9.17) is 0 Å². The van der Waals surface area contributed by atoms with Gasteiger partial charge >= 0.3 is 8.03 Å². The molecule has 0 aliphatic heterocycles. The fourth-order valence-electron chi connectivity index (χ4n) is 1.95. The zero-order valence-corrected chi connectivity index (χ0v) is 8.17. The first kappa shape index (κ1) is 8.86. The molecule has 13 heavy (non-hydrogen) atoms. The maximum Gasteiger partial charge on any atom is 0.316 e. The third kappa shape index (κ3) is 1.65. The van der Waals surface area contributed by atoms with Gasteiger partial charge in [0.25, 0.3) is 0 Å². The average Bonchev–Trinajstić information content (AvgIpc) is 2.17. The Balaban J connectivity index is 2.42. The molecule has 0 aromatic heterocycles. The van der Waals surface area contributed by atoms with Crippen molar-refractivity contribution in [1.82, 2.24) is 0 Å². The maximum absolute atomic E-state index is 11.0. The first-order valence-corrected chi connectivity index (χ1v) is 5.75. The smallest absolute Gasteiger partial charge is 0.316 e. The molecule has 68 valence electrons. The third-order valence-electron chi connectivity index (χ3n) is 2.59. The molecule has 0 saturated carbocycles. The summed E-state index contributed by atoms with van der Waals surface area (Å²) in [6.07, 6.45) is 2.80. The summed E-state index contributed by atoms with van der Waals surface area (Å²) in [7, 11) is -2.31. The normalized spacial score (nSPS) is 22.2. The second-order valence-corrected chi connectivity index (χ2v) is 4.59. The van der Waals surface area contributed by atoms with Gasteiger partial charge in [-0.2, -0.15) is 0 Å². The van der Waals surface area contributed by atoms with Crippen LogP contribution in [0.25, 0.3) is 0 Å². The standard InChI is InChI=1S/C10H11O2P/c11-13(12)10-7-3-5-8-4-1-2-6-9(8)10/h1-2,4,6,10H,3,5,7H2. The van der Waals surface area contributed by atoms with Crippen molar-refractivity contribution in [2.24, 2.45) is 0 Å². The molecule has 0 bridgehead atoms. The number of benzene rings is 1. The van der Waals surface area contributed by atoms with Gasteiger partial charge in [0.15, 0.2) is 5.66 Å². The van der Waals surface area contributed by atoms with E-state index in [-0.39, 0.29) is 5.66 Å². The van der Waals surface area contributed by atoms with E-state index < -0.39 is 8.03 Å². The van der Waals surface area contributed by atoms with Crippen molar-refractivity contribution in [3.63, 3.8) is 0 Å². The summed E-state index contributed by atoms with van der Waals surface area (Å²) >= 11 is 0. The molecule has 3 heteroatoms. The van der Waals surface area contributed by atoms with Gasteiger partial charge in [0, 0.05) is 5.56 Å². The Kier molecular flexibility index (Phi) is 2.43. The fourth-order valence-corrected chi connectivity index (χ4v) is 2.82. The first-order chi connectivity index (χ1) is 6.29. The van der Waals surface area contributed by atoms with Crippen LogP contribution in [0.4, 0.5) is 0 Å². The van der Waals surface area contributed by atoms with Crippen molar-refractivity contribution in [3.8, 4) is 0 Å². The molecular weight excluding hydrogens is 183 g/mol. The van der Waals surface area contributed by atoms with E-state index >= 15 is 0 Å². The molecule has 0 radical (unpaired) electrons. The minimum absolute atomic E-state index is 0.236. The molecule has 2 nitrogen and oxygen atoms in total. The molecule has 0 fully saturated rings. The van der Waals surface area contributed by atoms with Gasteiger partial charge in [0.1, 0.15) is 0 Å². The molecule has 2 atom stereocenters. The number of rotatable bonds is 1. The molecule has 2 unspecified atom stereocenters. The molecular formula is C10H11O2P. The number of hydrogen-bond donors (Lipinski definition) is 0. The second kappa shape index (κ2) is 3.57. The van der Waals surface area contributed by atoms with E-state index in [1.807, 2.05) is 24.3 Å².